The molecule has 0 radical (unpaired) electrons. The number of amides is 1. The number of nitrogens with zero attached hydrogens (tertiary/aromatic N) is 1. The highest BCUT2D eigenvalue weighted by Crippen LogP contribution is 2.33. The Hall–Kier alpha value is -2.33. The molecule has 3 nitrogen and oxygen atoms in total. The summed E-state index contributed by atoms with van der Waals surface area (Å²) < 4.78 is 16.1. The van der Waals surface area contributed by atoms with Crippen LogP contribution in [0.3, 0.4) is 0 Å². The van der Waals surface area contributed by atoms with Gasteiger partial charge < -0.3 is 9.88 Å². The summed E-state index contributed by atoms with van der Waals surface area (Å²) >= 11 is 5.95. The molecule has 116 valence electrons. The molecule has 0 saturated carbocycles. The van der Waals surface area contributed by atoms with Crippen LogP contribution in [0.15, 0.2) is 42.5 Å². The van der Waals surface area contributed by atoms with Gasteiger partial charge in [-0.25, -0.2) is 4.39 Å². The Morgan fingerprint density at radius 3 is 2.70 bits per heavy atom. The summed E-state index contributed by atoms with van der Waals surface area (Å²) in [5.74, 6) is -0.426. The highest BCUT2D eigenvalue weighted by Gasteiger charge is 2.21. The molecule has 3 aromatic rings. The zero-order valence-electron chi connectivity index (χ0n) is 12.3. The molecule has 2 aromatic carbocycles. The standard InChI is InChI=1S/C18H14ClFN2O/c19-13-4-2-11(3-5-13)15-10-14(20)8-12-9-16-18(23)21-6-1-7-22(16)17(12)15/h2-5,8-10H,1,6-7H2,(H,21,23). The minimum Gasteiger partial charge on any atom is -0.351 e. The third-order valence-corrected chi connectivity index (χ3v) is 4.44. The van der Waals surface area contributed by atoms with Gasteiger partial charge in [-0.2, -0.15) is 0 Å². The number of rotatable bonds is 1. The van der Waals surface area contributed by atoms with Crippen molar-refractivity contribution < 1.29 is 9.18 Å². The van der Waals surface area contributed by atoms with E-state index in [-0.39, 0.29) is 11.7 Å². The van der Waals surface area contributed by atoms with Crippen LogP contribution in [-0.2, 0) is 6.54 Å². The Morgan fingerprint density at radius 2 is 1.91 bits per heavy atom. The molecular weight excluding hydrogens is 315 g/mol. The molecule has 2 heterocycles. The molecule has 0 fully saturated rings. The molecule has 1 amide bonds. The van der Waals surface area contributed by atoms with Crippen LogP contribution in [0.4, 0.5) is 4.39 Å². The van der Waals surface area contributed by atoms with Crippen LogP contribution >= 0.6 is 11.6 Å². The van der Waals surface area contributed by atoms with Crippen LogP contribution in [0.5, 0.6) is 0 Å². The van der Waals surface area contributed by atoms with E-state index < -0.39 is 0 Å². The molecule has 1 N–H and O–H groups in total. The minimum absolute atomic E-state index is 0.110. The van der Waals surface area contributed by atoms with Gasteiger partial charge in [0, 0.05) is 29.1 Å². The monoisotopic (exact) mass is 328 g/mol. The Kier molecular flexibility index (Phi) is 3.34. The number of hydrogen-bond acceptors (Lipinski definition) is 1. The second-order valence-electron chi connectivity index (χ2n) is 5.69. The van der Waals surface area contributed by atoms with Crippen molar-refractivity contribution in [1.82, 2.24) is 9.88 Å². The summed E-state index contributed by atoms with van der Waals surface area (Å²) in [5, 5.41) is 4.24. The van der Waals surface area contributed by atoms with Crippen molar-refractivity contribution in [3.8, 4) is 11.1 Å². The van der Waals surface area contributed by atoms with Crippen molar-refractivity contribution in [2.75, 3.05) is 6.54 Å². The highest BCUT2D eigenvalue weighted by molar-refractivity contribution is 6.30. The van der Waals surface area contributed by atoms with E-state index in [9.17, 15) is 9.18 Å². The molecule has 23 heavy (non-hydrogen) atoms. The number of hydrogen-bond donors (Lipinski definition) is 1. The van der Waals surface area contributed by atoms with E-state index in [0.717, 1.165) is 35.0 Å². The van der Waals surface area contributed by atoms with Gasteiger partial charge in [-0.05, 0) is 42.3 Å². The Labute approximate surface area is 137 Å². The van der Waals surface area contributed by atoms with Gasteiger partial charge in [-0.3, -0.25) is 4.79 Å². The van der Waals surface area contributed by atoms with E-state index in [1.165, 1.54) is 12.1 Å². The van der Waals surface area contributed by atoms with Gasteiger partial charge in [-0.1, -0.05) is 23.7 Å². The van der Waals surface area contributed by atoms with Gasteiger partial charge in [0.15, 0.2) is 0 Å². The van der Waals surface area contributed by atoms with Crippen LogP contribution in [-0.4, -0.2) is 17.0 Å². The second kappa shape index (κ2) is 5.39. The van der Waals surface area contributed by atoms with Gasteiger partial charge in [0.1, 0.15) is 11.5 Å². The SMILES string of the molecule is O=C1NCCCn2c1cc1cc(F)cc(-c3ccc(Cl)cc3)c12. The van der Waals surface area contributed by atoms with E-state index in [4.69, 9.17) is 11.6 Å². The van der Waals surface area contributed by atoms with Crippen LogP contribution in [0.2, 0.25) is 5.02 Å². The van der Waals surface area contributed by atoms with Crippen LogP contribution in [0, 0.1) is 5.82 Å². The van der Waals surface area contributed by atoms with Crippen LogP contribution < -0.4 is 5.32 Å². The smallest absolute Gasteiger partial charge is 0.267 e. The summed E-state index contributed by atoms with van der Waals surface area (Å²) in [6.07, 6.45) is 0.847. The molecule has 0 saturated heterocycles. The lowest BCUT2D eigenvalue weighted by atomic mass is 10.0. The van der Waals surface area contributed by atoms with Crippen molar-refractivity contribution in [3.05, 3.63) is 59.0 Å². The average molecular weight is 329 g/mol. The molecule has 0 atom stereocenters. The van der Waals surface area contributed by atoms with E-state index in [2.05, 4.69) is 5.32 Å². The summed E-state index contributed by atoms with van der Waals surface area (Å²) in [6, 6.07) is 12.1. The number of benzene rings is 2. The predicted molar refractivity (Wildman–Crippen MR) is 89.3 cm³/mol. The number of carbonyl (C=O) groups is 1. The van der Waals surface area contributed by atoms with Crippen molar-refractivity contribution in [2.45, 2.75) is 13.0 Å². The highest BCUT2D eigenvalue weighted by atomic mass is 35.5. The van der Waals surface area contributed by atoms with Crippen molar-refractivity contribution in [1.29, 1.82) is 0 Å². The number of aryl methyl sites for hydroxylation is 1. The fraction of sp³-hybridized carbons (Fsp3) is 0.167. The minimum atomic E-state index is -0.316. The summed E-state index contributed by atoms with van der Waals surface area (Å²) in [6.45, 7) is 1.38. The van der Waals surface area contributed by atoms with E-state index >= 15 is 0 Å². The molecule has 4 rings (SSSR count). The van der Waals surface area contributed by atoms with E-state index in [0.29, 0.717) is 17.3 Å². The second-order valence-corrected chi connectivity index (χ2v) is 6.13. The largest absolute Gasteiger partial charge is 0.351 e. The number of nitrogens with one attached hydrogen (secondary N) is 1. The third kappa shape index (κ3) is 2.39. The van der Waals surface area contributed by atoms with Gasteiger partial charge in [0.2, 0.25) is 0 Å². The summed E-state index contributed by atoms with van der Waals surface area (Å²) in [4.78, 5) is 12.2. The van der Waals surface area contributed by atoms with E-state index in [1.807, 2.05) is 16.7 Å². The lowest BCUT2D eigenvalue weighted by Gasteiger charge is -2.11. The molecule has 1 aromatic heterocycles. The average Bonchev–Trinajstić information content (AvgIpc) is 2.80. The first kappa shape index (κ1) is 14.3. The molecule has 0 aliphatic carbocycles. The maximum absolute atomic E-state index is 14.1. The molecule has 0 unspecified atom stereocenters. The molecular formula is C18H14ClFN2O. The number of halogens is 2. The molecule has 5 heteroatoms. The molecule has 1 aliphatic heterocycles. The quantitative estimate of drug-likeness (QED) is 0.712. The molecule has 1 aliphatic rings. The topological polar surface area (TPSA) is 34.0 Å². The Bertz CT molecular complexity index is 915. The van der Waals surface area contributed by atoms with Gasteiger partial charge in [-0.15, -0.1) is 0 Å². The van der Waals surface area contributed by atoms with Crippen LogP contribution in [0.25, 0.3) is 22.0 Å². The van der Waals surface area contributed by atoms with Gasteiger partial charge in [0.25, 0.3) is 5.91 Å². The maximum atomic E-state index is 14.1. The fourth-order valence-electron chi connectivity index (χ4n) is 3.18. The molecule has 0 bridgehead atoms. The fourth-order valence-corrected chi connectivity index (χ4v) is 3.30. The van der Waals surface area contributed by atoms with Crippen molar-refractivity contribution in [2.24, 2.45) is 0 Å². The molecule has 0 spiro atoms. The zero-order valence-corrected chi connectivity index (χ0v) is 13.0. The first-order chi connectivity index (χ1) is 11.1. The Balaban J connectivity index is 2.03. The first-order valence-corrected chi connectivity index (χ1v) is 7.88. The third-order valence-electron chi connectivity index (χ3n) is 4.19. The Morgan fingerprint density at radius 1 is 1.13 bits per heavy atom. The van der Waals surface area contributed by atoms with Crippen molar-refractivity contribution in [3.63, 3.8) is 0 Å². The zero-order chi connectivity index (χ0) is 16.0. The number of carbonyl (C=O) groups excluding carboxylic acids is 1. The summed E-state index contributed by atoms with van der Waals surface area (Å²) in [7, 11) is 0. The maximum Gasteiger partial charge on any atom is 0.267 e. The predicted octanol–water partition coefficient (Wildman–Crippen LogP) is 4.23. The van der Waals surface area contributed by atoms with Gasteiger partial charge >= 0.3 is 0 Å². The number of fused-ring (bicyclic) bond motifs is 3. The lowest BCUT2D eigenvalue weighted by molar-refractivity contribution is 0.0951. The normalized spacial score (nSPS) is 14.4. The lowest BCUT2D eigenvalue weighted by Crippen LogP contribution is -2.22. The van der Waals surface area contributed by atoms with Crippen molar-refractivity contribution >= 4 is 28.4 Å². The van der Waals surface area contributed by atoms with E-state index in [1.54, 1.807) is 18.2 Å². The number of aromatic nitrogens is 1. The summed E-state index contributed by atoms with van der Waals surface area (Å²) in [5.41, 5.74) is 3.13. The van der Waals surface area contributed by atoms with Crippen LogP contribution in [0.1, 0.15) is 16.9 Å². The van der Waals surface area contributed by atoms with Gasteiger partial charge in [0.05, 0.1) is 5.52 Å². The first-order valence-electron chi connectivity index (χ1n) is 7.50.